The van der Waals surface area contributed by atoms with Gasteiger partial charge in [-0.05, 0) is 18.1 Å². The third kappa shape index (κ3) is 4.31. The summed E-state index contributed by atoms with van der Waals surface area (Å²) in [5.74, 6) is 0.501. The Balaban J connectivity index is 1.82. The molecule has 2 rings (SSSR count). The third-order valence-electron chi connectivity index (χ3n) is 2.96. The Morgan fingerprint density at radius 2 is 2.00 bits per heavy atom. The van der Waals surface area contributed by atoms with Crippen LogP contribution in [0.3, 0.4) is 0 Å². The minimum Gasteiger partial charge on any atom is -0.355 e. The van der Waals surface area contributed by atoms with Crippen LogP contribution in [0.25, 0.3) is 10.9 Å². The molecule has 0 aliphatic rings. The number of aromatic nitrogens is 1. The Morgan fingerprint density at radius 1 is 1.20 bits per heavy atom. The first kappa shape index (κ1) is 14.5. The van der Waals surface area contributed by atoms with E-state index in [-0.39, 0.29) is 5.91 Å². The van der Waals surface area contributed by atoms with Crippen LogP contribution in [-0.4, -0.2) is 24.0 Å². The zero-order chi connectivity index (χ0) is 14.4. The molecule has 1 aromatic carbocycles. The van der Waals surface area contributed by atoms with Crippen LogP contribution in [0, 0.1) is 5.92 Å². The molecule has 0 radical (unpaired) electrons. The molecular formula is C16H21N3O. The van der Waals surface area contributed by atoms with Crippen molar-refractivity contribution in [2.75, 3.05) is 13.1 Å². The van der Waals surface area contributed by atoms with E-state index in [4.69, 9.17) is 0 Å². The van der Waals surface area contributed by atoms with Crippen molar-refractivity contribution in [3.05, 3.63) is 42.1 Å². The smallest absolute Gasteiger partial charge is 0.233 e. The number of nitrogens with zero attached hydrogens (tertiary/aromatic N) is 1. The normalized spacial score (nSPS) is 10.9. The van der Waals surface area contributed by atoms with Crippen LogP contribution < -0.4 is 10.6 Å². The monoisotopic (exact) mass is 271 g/mol. The first-order chi connectivity index (χ1) is 9.65. The number of hydrogen-bond donors (Lipinski definition) is 2. The second-order valence-electron chi connectivity index (χ2n) is 5.30. The van der Waals surface area contributed by atoms with Gasteiger partial charge in [-0.1, -0.05) is 38.1 Å². The van der Waals surface area contributed by atoms with Gasteiger partial charge in [-0.3, -0.25) is 9.78 Å². The second kappa shape index (κ2) is 7.01. The molecule has 0 saturated heterocycles. The summed E-state index contributed by atoms with van der Waals surface area (Å²) in [5, 5.41) is 7.12. The zero-order valence-electron chi connectivity index (χ0n) is 12.0. The standard InChI is InChI=1S/C16H21N3O/c1-12(2)9-18-16(20)11-17-10-14-8-7-13-5-3-4-6-15(13)19-14/h3-8,12,17H,9-11H2,1-2H3,(H,18,20). The van der Waals surface area contributed by atoms with Gasteiger partial charge in [-0.25, -0.2) is 0 Å². The van der Waals surface area contributed by atoms with Gasteiger partial charge >= 0.3 is 0 Å². The lowest BCUT2D eigenvalue weighted by molar-refractivity contribution is -0.120. The molecule has 0 saturated carbocycles. The molecule has 1 heterocycles. The van der Waals surface area contributed by atoms with Crippen molar-refractivity contribution in [2.24, 2.45) is 5.92 Å². The molecule has 20 heavy (non-hydrogen) atoms. The fraction of sp³-hybridized carbons (Fsp3) is 0.375. The summed E-state index contributed by atoms with van der Waals surface area (Å²) in [7, 11) is 0. The van der Waals surface area contributed by atoms with Crippen molar-refractivity contribution in [1.82, 2.24) is 15.6 Å². The lowest BCUT2D eigenvalue weighted by Crippen LogP contribution is -2.35. The van der Waals surface area contributed by atoms with E-state index in [1.54, 1.807) is 0 Å². The van der Waals surface area contributed by atoms with E-state index in [9.17, 15) is 4.79 Å². The SMILES string of the molecule is CC(C)CNC(=O)CNCc1ccc2ccccc2n1. The quantitative estimate of drug-likeness (QED) is 0.846. The van der Waals surface area contributed by atoms with E-state index in [0.717, 1.165) is 23.1 Å². The fourth-order valence-electron chi connectivity index (χ4n) is 1.89. The Kier molecular flexibility index (Phi) is 5.07. The summed E-state index contributed by atoms with van der Waals surface area (Å²) < 4.78 is 0. The first-order valence-electron chi connectivity index (χ1n) is 6.97. The lowest BCUT2D eigenvalue weighted by Gasteiger charge is -2.08. The van der Waals surface area contributed by atoms with E-state index in [1.165, 1.54) is 0 Å². The maximum Gasteiger partial charge on any atom is 0.233 e. The molecule has 0 aliphatic heterocycles. The second-order valence-corrected chi connectivity index (χ2v) is 5.30. The van der Waals surface area contributed by atoms with Crippen molar-refractivity contribution in [3.63, 3.8) is 0 Å². The Morgan fingerprint density at radius 3 is 2.80 bits per heavy atom. The van der Waals surface area contributed by atoms with E-state index in [1.807, 2.05) is 30.3 Å². The van der Waals surface area contributed by atoms with Crippen LogP contribution >= 0.6 is 0 Å². The maximum absolute atomic E-state index is 11.6. The molecule has 0 aliphatic carbocycles. The summed E-state index contributed by atoms with van der Waals surface area (Å²) >= 11 is 0. The highest BCUT2D eigenvalue weighted by atomic mass is 16.1. The van der Waals surface area contributed by atoms with Gasteiger partial charge in [0.25, 0.3) is 0 Å². The van der Waals surface area contributed by atoms with Crippen LogP contribution in [0.2, 0.25) is 0 Å². The molecule has 1 amide bonds. The van der Waals surface area contributed by atoms with Gasteiger partial charge in [-0.15, -0.1) is 0 Å². The van der Waals surface area contributed by atoms with Gasteiger partial charge in [0.1, 0.15) is 0 Å². The van der Waals surface area contributed by atoms with Crippen LogP contribution in [0.15, 0.2) is 36.4 Å². The lowest BCUT2D eigenvalue weighted by atomic mass is 10.2. The third-order valence-corrected chi connectivity index (χ3v) is 2.96. The number of para-hydroxylation sites is 1. The van der Waals surface area contributed by atoms with Gasteiger partial charge in [0.2, 0.25) is 5.91 Å². The van der Waals surface area contributed by atoms with Crippen LogP contribution in [0.4, 0.5) is 0 Å². The number of rotatable bonds is 6. The summed E-state index contributed by atoms with van der Waals surface area (Å²) in [4.78, 5) is 16.1. The van der Waals surface area contributed by atoms with Gasteiger partial charge < -0.3 is 10.6 Å². The molecule has 2 aromatic rings. The molecule has 2 N–H and O–H groups in total. The van der Waals surface area contributed by atoms with Crippen molar-refractivity contribution >= 4 is 16.8 Å². The minimum atomic E-state index is 0.0273. The molecule has 0 fully saturated rings. The Bertz CT molecular complexity index is 581. The molecule has 0 atom stereocenters. The summed E-state index contributed by atoms with van der Waals surface area (Å²) in [6.45, 7) is 5.79. The van der Waals surface area contributed by atoms with E-state index in [2.05, 4.69) is 35.5 Å². The highest BCUT2D eigenvalue weighted by molar-refractivity contribution is 5.78. The Hall–Kier alpha value is -1.94. The van der Waals surface area contributed by atoms with Crippen LogP contribution in [0.1, 0.15) is 19.5 Å². The predicted molar refractivity (Wildman–Crippen MR) is 81.3 cm³/mol. The highest BCUT2D eigenvalue weighted by Gasteiger charge is 2.02. The van der Waals surface area contributed by atoms with Gasteiger partial charge in [0.05, 0.1) is 17.8 Å². The van der Waals surface area contributed by atoms with Crippen molar-refractivity contribution in [1.29, 1.82) is 0 Å². The van der Waals surface area contributed by atoms with Gasteiger partial charge in [-0.2, -0.15) is 0 Å². The summed E-state index contributed by atoms with van der Waals surface area (Å²) in [6.07, 6.45) is 0. The number of carbonyl (C=O) groups is 1. The summed E-state index contributed by atoms with van der Waals surface area (Å²) in [5.41, 5.74) is 1.93. The molecule has 1 aromatic heterocycles. The van der Waals surface area contributed by atoms with Crippen LogP contribution in [0.5, 0.6) is 0 Å². The number of hydrogen-bond acceptors (Lipinski definition) is 3. The van der Waals surface area contributed by atoms with E-state index in [0.29, 0.717) is 19.0 Å². The maximum atomic E-state index is 11.6. The van der Waals surface area contributed by atoms with Gasteiger partial charge in [0.15, 0.2) is 0 Å². The minimum absolute atomic E-state index is 0.0273. The first-order valence-corrected chi connectivity index (χ1v) is 6.97. The van der Waals surface area contributed by atoms with Crippen molar-refractivity contribution in [2.45, 2.75) is 20.4 Å². The average Bonchev–Trinajstić information content (AvgIpc) is 2.45. The Labute approximate surface area is 119 Å². The van der Waals surface area contributed by atoms with E-state index < -0.39 is 0 Å². The van der Waals surface area contributed by atoms with Crippen LogP contribution in [-0.2, 0) is 11.3 Å². The molecule has 4 heteroatoms. The number of nitrogens with one attached hydrogen (secondary N) is 2. The number of carbonyl (C=O) groups excluding carboxylic acids is 1. The molecule has 106 valence electrons. The topological polar surface area (TPSA) is 54.0 Å². The van der Waals surface area contributed by atoms with Crippen molar-refractivity contribution in [3.8, 4) is 0 Å². The number of pyridine rings is 1. The number of fused-ring (bicyclic) bond motifs is 1. The predicted octanol–water partition coefficient (Wildman–Crippen LogP) is 2.10. The van der Waals surface area contributed by atoms with Crippen molar-refractivity contribution < 1.29 is 4.79 Å². The zero-order valence-corrected chi connectivity index (χ0v) is 12.0. The molecule has 0 bridgehead atoms. The average molecular weight is 271 g/mol. The summed E-state index contributed by atoms with van der Waals surface area (Å²) in [6, 6.07) is 12.1. The number of benzene rings is 1. The molecular weight excluding hydrogens is 250 g/mol. The molecule has 0 unspecified atom stereocenters. The fourth-order valence-corrected chi connectivity index (χ4v) is 1.89. The molecule has 4 nitrogen and oxygen atoms in total. The largest absolute Gasteiger partial charge is 0.355 e. The molecule has 0 spiro atoms. The van der Waals surface area contributed by atoms with E-state index >= 15 is 0 Å². The highest BCUT2D eigenvalue weighted by Crippen LogP contribution is 2.11. The number of amides is 1. The van der Waals surface area contributed by atoms with Gasteiger partial charge in [0, 0.05) is 18.5 Å².